The summed E-state index contributed by atoms with van der Waals surface area (Å²) < 4.78 is 0. The van der Waals surface area contributed by atoms with Gasteiger partial charge in [0, 0.05) is 24.3 Å². The Labute approximate surface area is 131 Å². The van der Waals surface area contributed by atoms with E-state index >= 15 is 0 Å². The molecular formula is C17H26N2O3. The van der Waals surface area contributed by atoms with Crippen molar-refractivity contribution in [3.8, 4) is 0 Å². The van der Waals surface area contributed by atoms with Gasteiger partial charge in [-0.1, -0.05) is 20.3 Å². The zero-order valence-corrected chi connectivity index (χ0v) is 13.9. The minimum absolute atomic E-state index is 0.0106. The van der Waals surface area contributed by atoms with Crippen LogP contribution < -0.4 is 0 Å². The Morgan fingerprint density at radius 1 is 1.41 bits per heavy atom. The first-order chi connectivity index (χ1) is 10.4. The summed E-state index contributed by atoms with van der Waals surface area (Å²) in [7, 11) is 0. The van der Waals surface area contributed by atoms with Gasteiger partial charge in [-0.05, 0) is 38.2 Å². The molecule has 0 radical (unpaired) electrons. The van der Waals surface area contributed by atoms with Gasteiger partial charge in [-0.2, -0.15) is 0 Å². The number of β-amino-alcohol motifs (C(OH)–C–C–N with tert-alkyl or cyclic N) is 1. The highest BCUT2D eigenvalue weighted by atomic mass is 16.3. The van der Waals surface area contributed by atoms with Gasteiger partial charge < -0.3 is 15.0 Å². The second-order valence-electron chi connectivity index (χ2n) is 6.37. The number of Topliss-reactive ketones (excluding diaryl/α,β-unsaturated/α-hetero) is 1. The van der Waals surface area contributed by atoms with Crippen molar-refractivity contribution < 1.29 is 14.7 Å². The number of hydrogen-bond acceptors (Lipinski definition) is 3. The highest BCUT2D eigenvalue weighted by molar-refractivity contribution is 6.02. The highest BCUT2D eigenvalue weighted by Crippen LogP contribution is 2.25. The number of ketones is 1. The molecule has 2 rings (SSSR count). The molecule has 2 N–H and O–H groups in total. The van der Waals surface area contributed by atoms with E-state index in [9.17, 15) is 14.7 Å². The number of piperidine rings is 1. The monoisotopic (exact) mass is 306 g/mol. The second-order valence-corrected chi connectivity index (χ2v) is 6.37. The van der Waals surface area contributed by atoms with Crippen molar-refractivity contribution in [2.75, 3.05) is 13.1 Å². The average molecular weight is 306 g/mol. The van der Waals surface area contributed by atoms with Crippen LogP contribution in [0.15, 0.2) is 0 Å². The van der Waals surface area contributed by atoms with Crippen molar-refractivity contribution in [3.63, 3.8) is 0 Å². The van der Waals surface area contributed by atoms with E-state index in [1.165, 1.54) is 6.92 Å². The molecule has 122 valence electrons. The predicted molar refractivity (Wildman–Crippen MR) is 85.2 cm³/mol. The summed E-state index contributed by atoms with van der Waals surface area (Å²) in [6, 6.07) is 0. The maximum atomic E-state index is 12.8. The lowest BCUT2D eigenvalue weighted by molar-refractivity contribution is 0.0245. The molecule has 1 aliphatic heterocycles. The third-order valence-corrected chi connectivity index (χ3v) is 4.56. The number of carbonyl (C=O) groups is 2. The van der Waals surface area contributed by atoms with Crippen LogP contribution in [0.25, 0.3) is 0 Å². The molecule has 1 aromatic rings. The van der Waals surface area contributed by atoms with E-state index in [0.717, 1.165) is 24.1 Å². The van der Waals surface area contributed by atoms with Gasteiger partial charge in [0.1, 0.15) is 5.69 Å². The Kier molecular flexibility index (Phi) is 5.06. The lowest BCUT2D eigenvalue weighted by Crippen LogP contribution is -2.46. The van der Waals surface area contributed by atoms with Crippen molar-refractivity contribution in [1.29, 1.82) is 0 Å². The number of aromatic nitrogens is 1. The van der Waals surface area contributed by atoms with Crippen LogP contribution in [0, 0.1) is 12.8 Å². The summed E-state index contributed by atoms with van der Waals surface area (Å²) in [6.45, 7) is 8.42. The van der Waals surface area contributed by atoms with Crippen molar-refractivity contribution in [2.24, 2.45) is 5.92 Å². The Bertz CT molecular complexity index is 577. The van der Waals surface area contributed by atoms with Crippen LogP contribution in [0.1, 0.15) is 65.7 Å². The summed E-state index contributed by atoms with van der Waals surface area (Å²) in [4.78, 5) is 29.5. The SMILES string of the molecule is CCCc1c(C(=O)N2CCC(C)C(O)C2)[nH]c(C)c1C(C)=O. The largest absolute Gasteiger partial charge is 0.391 e. The van der Waals surface area contributed by atoms with E-state index in [1.54, 1.807) is 4.90 Å². The number of aromatic amines is 1. The maximum absolute atomic E-state index is 12.8. The molecule has 0 spiro atoms. The zero-order chi connectivity index (χ0) is 16.4. The molecule has 1 aliphatic rings. The third-order valence-electron chi connectivity index (χ3n) is 4.56. The van der Waals surface area contributed by atoms with Crippen LogP contribution in [0.4, 0.5) is 0 Å². The summed E-state index contributed by atoms with van der Waals surface area (Å²) in [5.41, 5.74) is 2.75. The Balaban J connectivity index is 2.33. The molecule has 1 amide bonds. The third kappa shape index (κ3) is 3.09. The normalized spacial score (nSPS) is 22.0. The van der Waals surface area contributed by atoms with E-state index in [4.69, 9.17) is 0 Å². The molecule has 0 aromatic carbocycles. The van der Waals surface area contributed by atoms with Gasteiger partial charge in [0.25, 0.3) is 5.91 Å². The van der Waals surface area contributed by atoms with Crippen molar-refractivity contribution in [2.45, 2.75) is 53.1 Å². The first-order valence-electron chi connectivity index (χ1n) is 8.06. The molecule has 1 fully saturated rings. The molecular weight excluding hydrogens is 280 g/mol. The number of amides is 1. The first kappa shape index (κ1) is 16.7. The fourth-order valence-electron chi connectivity index (χ4n) is 3.23. The number of nitrogens with zero attached hydrogens (tertiary/aromatic N) is 1. The standard InChI is InChI=1S/C17H26N2O3/c1-5-6-13-15(12(4)20)11(3)18-16(13)17(22)19-8-7-10(2)14(21)9-19/h10,14,18,21H,5-9H2,1-4H3. The minimum atomic E-state index is -0.476. The lowest BCUT2D eigenvalue weighted by atomic mass is 9.95. The van der Waals surface area contributed by atoms with Crippen LogP contribution >= 0.6 is 0 Å². The van der Waals surface area contributed by atoms with Gasteiger partial charge in [-0.25, -0.2) is 0 Å². The Morgan fingerprint density at radius 3 is 2.64 bits per heavy atom. The van der Waals surface area contributed by atoms with Crippen LogP contribution in [0.2, 0.25) is 0 Å². The smallest absolute Gasteiger partial charge is 0.270 e. The molecule has 22 heavy (non-hydrogen) atoms. The fourth-order valence-corrected chi connectivity index (χ4v) is 3.23. The van der Waals surface area contributed by atoms with Crippen LogP contribution in [-0.2, 0) is 6.42 Å². The number of likely N-dealkylation sites (tertiary alicyclic amines) is 1. The molecule has 0 saturated carbocycles. The minimum Gasteiger partial charge on any atom is -0.391 e. The van der Waals surface area contributed by atoms with Gasteiger partial charge in [-0.3, -0.25) is 9.59 Å². The number of hydrogen-bond donors (Lipinski definition) is 2. The molecule has 1 saturated heterocycles. The van der Waals surface area contributed by atoms with Gasteiger partial charge >= 0.3 is 0 Å². The van der Waals surface area contributed by atoms with Gasteiger partial charge in [-0.15, -0.1) is 0 Å². The highest BCUT2D eigenvalue weighted by Gasteiger charge is 2.31. The Hall–Kier alpha value is -1.62. The van der Waals surface area contributed by atoms with E-state index in [1.807, 2.05) is 20.8 Å². The summed E-state index contributed by atoms with van der Waals surface area (Å²) in [5, 5.41) is 10.0. The van der Waals surface area contributed by atoms with E-state index in [2.05, 4.69) is 4.98 Å². The summed E-state index contributed by atoms with van der Waals surface area (Å²) >= 11 is 0. The van der Waals surface area contributed by atoms with E-state index < -0.39 is 6.10 Å². The summed E-state index contributed by atoms with van der Waals surface area (Å²) in [6.07, 6.45) is 1.90. The molecule has 2 heterocycles. The van der Waals surface area contributed by atoms with Gasteiger partial charge in [0.15, 0.2) is 5.78 Å². The number of carbonyl (C=O) groups excluding carboxylic acids is 2. The van der Waals surface area contributed by atoms with Crippen LogP contribution in [0.5, 0.6) is 0 Å². The van der Waals surface area contributed by atoms with Gasteiger partial charge in [0.2, 0.25) is 0 Å². The van der Waals surface area contributed by atoms with E-state index in [-0.39, 0.29) is 17.6 Å². The number of aliphatic hydroxyl groups excluding tert-OH is 1. The molecule has 5 heteroatoms. The molecule has 0 aliphatic carbocycles. The molecule has 2 unspecified atom stereocenters. The van der Waals surface area contributed by atoms with Gasteiger partial charge in [0.05, 0.1) is 6.10 Å². The topological polar surface area (TPSA) is 73.4 Å². The van der Waals surface area contributed by atoms with Crippen molar-refractivity contribution >= 4 is 11.7 Å². The average Bonchev–Trinajstić information content (AvgIpc) is 2.78. The van der Waals surface area contributed by atoms with Crippen LogP contribution in [-0.4, -0.2) is 45.9 Å². The number of aryl methyl sites for hydroxylation is 1. The van der Waals surface area contributed by atoms with Crippen LogP contribution in [0.3, 0.4) is 0 Å². The maximum Gasteiger partial charge on any atom is 0.270 e. The number of aliphatic hydroxyl groups is 1. The number of H-pyrrole nitrogens is 1. The Morgan fingerprint density at radius 2 is 2.09 bits per heavy atom. The van der Waals surface area contributed by atoms with Crippen molar-refractivity contribution in [1.82, 2.24) is 9.88 Å². The molecule has 0 bridgehead atoms. The molecule has 2 atom stereocenters. The molecule has 5 nitrogen and oxygen atoms in total. The second kappa shape index (κ2) is 6.65. The quantitative estimate of drug-likeness (QED) is 0.838. The van der Waals surface area contributed by atoms with E-state index in [0.29, 0.717) is 30.8 Å². The lowest BCUT2D eigenvalue weighted by Gasteiger charge is -2.34. The number of rotatable bonds is 4. The first-order valence-corrected chi connectivity index (χ1v) is 8.06. The predicted octanol–water partition coefficient (Wildman–Crippen LogP) is 2.32. The van der Waals surface area contributed by atoms with Crippen molar-refractivity contribution in [3.05, 3.63) is 22.5 Å². The fraction of sp³-hybridized carbons (Fsp3) is 0.647. The molecule has 1 aromatic heterocycles. The number of nitrogens with one attached hydrogen (secondary N) is 1. The summed E-state index contributed by atoms with van der Waals surface area (Å²) in [5.74, 6) is 0.103. The zero-order valence-electron chi connectivity index (χ0n) is 13.9.